The summed E-state index contributed by atoms with van der Waals surface area (Å²) in [5.41, 5.74) is 1.10. The molecule has 2 aromatic heterocycles. The van der Waals surface area contributed by atoms with Crippen LogP contribution in [0.2, 0.25) is 10.2 Å². The number of nitrogens with one attached hydrogen (secondary N) is 1. The monoisotopic (exact) mass is 436 g/mol. The lowest BCUT2D eigenvalue weighted by Gasteiger charge is -2.52. The van der Waals surface area contributed by atoms with Gasteiger partial charge in [-0.05, 0) is 37.2 Å². The van der Waals surface area contributed by atoms with Crippen molar-refractivity contribution in [2.75, 3.05) is 13.1 Å². The molecular formula is C20H22Cl2N4O3. The Morgan fingerprint density at radius 3 is 2.66 bits per heavy atom. The molecule has 0 radical (unpaired) electrons. The Morgan fingerprint density at radius 2 is 1.97 bits per heavy atom. The third-order valence-electron chi connectivity index (χ3n) is 6.07. The lowest BCUT2D eigenvalue weighted by Crippen LogP contribution is -2.55. The smallest absolute Gasteiger partial charge is 0.256 e. The molecule has 2 aromatic rings. The fourth-order valence-electron chi connectivity index (χ4n) is 4.39. The average Bonchev–Trinajstić information content (AvgIpc) is 3.17. The maximum atomic E-state index is 12.8. The van der Waals surface area contributed by atoms with Gasteiger partial charge in [0.2, 0.25) is 0 Å². The molecule has 1 spiro atoms. The van der Waals surface area contributed by atoms with Crippen LogP contribution in [0.15, 0.2) is 23.0 Å². The van der Waals surface area contributed by atoms with E-state index in [4.69, 9.17) is 27.7 Å². The number of pyridine rings is 1. The number of nitrogens with zero attached hydrogens (tertiary/aromatic N) is 3. The minimum absolute atomic E-state index is 0.113. The number of piperidine rings is 1. The maximum absolute atomic E-state index is 12.8. The zero-order valence-corrected chi connectivity index (χ0v) is 17.6. The van der Waals surface area contributed by atoms with Gasteiger partial charge in [-0.2, -0.15) is 0 Å². The lowest BCUT2D eigenvalue weighted by atomic mass is 9.60. The van der Waals surface area contributed by atoms with Crippen LogP contribution < -0.4 is 5.32 Å². The highest BCUT2D eigenvalue weighted by Gasteiger charge is 2.47. The van der Waals surface area contributed by atoms with Gasteiger partial charge in [-0.3, -0.25) is 9.59 Å². The van der Waals surface area contributed by atoms with Gasteiger partial charge in [0.25, 0.3) is 11.8 Å². The second kappa shape index (κ2) is 7.95. The van der Waals surface area contributed by atoms with Gasteiger partial charge in [0, 0.05) is 31.7 Å². The van der Waals surface area contributed by atoms with Crippen molar-refractivity contribution in [1.29, 1.82) is 0 Å². The molecule has 2 amide bonds. The van der Waals surface area contributed by atoms with Crippen LogP contribution in [0.3, 0.4) is 0 Å². The molecule has 154 valence electrons. The van der Waals surface area contributed by atoms with Crippen LogP contribution in [0.1, 0.15) is 59.1 Å². The van der Waals surface area contributed by atoms with Gasteiger partial charge in [-0.1, -0.05) is 35.3 Å². The highest BCUT2D eigenvalue weighted by Crippen LogP contribution is 2.49. The molecule has 2 fully saturated rings. The van der Waals surface area contributed by atoms with Crippen LogP contribution in [-0.2, 0) is 6.42 Å². The summed E-state index contributed by atoms with van der Waals surface area (Å²) in [4.78, 5) is 30.9. The van der Waals surface area contributed by atoms with Crippen LogP contribution in [-0.4, -0.2) is 46.0 Å². The highest BCUT2D eigenvalue weighted by molar-refractivity contribution is 6.35. The molecule has 0 aromatic carbocycles. The summed E-state index contributed by atoms with van der Waals surface area (Å²) >= 11 is 12.0. The zero-order chi connectivity index (χ0) is 20.6. The molecule has 0 atom stereocenters. The minimum Gasteiger partial charge on any atom is -0.361 e. The van der Waals surface area contributed by atoms with Crippen molar-refractivity contribution in [3.8, 4) is 0 Å². The fraction of sp³-hybridized carbons (Fsp3) is 0.500. The van der Waals surface area contributed by atoms with Crippen molar-refractivity contribution in [3.05, 3.63) is 45.5 Å². The number of aryl methyl sites for hydroxylation is 1. The Balaban J connectivity index is 1.30. The highest BCUT2D eigenvalue weighted by atomic mass is 35.5. The number of carbonyl (C=O) groups excluding carboxylic acids is 2. The molecule has 0 unspecified atom stereocenters. The van der Waals surface area contributed by atoms with Crippen LogP contribution >= 0.6 is 23.2 Å². The van der Waals surface area contributed by atoms with Crippen molar-refractivity contribution < 1.29 is 14.1 Å². The first kappa shape index (κ1) is 20.2. The fourth-order valence-corrected chi connectivity index (χ4v) is 4.74. The Hall–Kier alpha value is -2.12. The molecule has 1 saturated carbocycles. The van der Waals surface area contributed by atoms with Crippen molar-refractivity contribution in [1.82, 2.24) is 20.4 Å². The number of rotatable bonds is 4. The van der Waals surface area contributed by atoms with Crippen molar-refractivity contribution in [2.45, 2.75) is 45.1 Å². The molecule has 9 heteroatoms. The predicted octanol–water partition coefficient (Wildman–Crippen LogP) is 3.75. The standard InChI is InChI=1S/C20H22Cl2N4O3/c1-2-16-14(10-24-29-16)18(27)25-12-8-20(9-12)3-5-26(6-4-20)19(28)13-7-17(22)23-11-15(13)21/h7,10-12H,2-6,8-9H2,1H3,(H,25,27). The lowest BCUT2D eigenvalue weighted by molar-refractivity contribution is 0.00862. The van der Waals surface area contributed by atoms with Crippen LogP contribution in [0.5, 0.6) is 0 Å². The van der Waals surface area contributed by atoms with Crippen LogP contribution in [0, 0.1) is 5.41 Å². The largest absolute Gasteiger partial charge is 0.361 e. The van der Waals surface area contributed by atoms with E-state index >= 15 is 0 Å². The number of hydrogen-bond acceptors (Lipinski definition) is 5. The molecule has 1 saturated heterocycles. The molecule has 1 aliphatic heterocycles. The van der Waals surface area contributed by atoms with E-state index in [1.54, 1.807) is 0 Å². The van der Waals surface area contributed by atoms with Crippen molar-refractivity contribution in [3.63, 3.8) is 0 Å². The second-order valence-electron chi connectivity index (χ2n) is 7.87. The van der Waals surface area contributed by atoms with Gasteiger partial charge < -0.3 is 14.7 Å². The van der Waals surface area contributed by atoms with E-state index in [9.17, 15) is 9.59 Å². The first-order valence-electron chi connectivity index (χ1n) is 9.75. The van der Waals surface area contributed by atoms with Crippen LogP contribution in [0.25, 0.3) is 0 Å². The molecule has 7 nitrogen and oxygen atoms in total. The number of amides is 2. The van der Waals surface area contributed by atoms with E-state index in [1.807, 2.05) is 11.8 Å². The molecule has 3 heterocycles. The van der Waals surface area contributed by atoms with E-state index in [-0.39, 0.29) is 28.4 Å². The van der Waals surface area contributed by atoms with E-state index in [2.05, 4.69) is 15.5 Å². The number of hydrogen-bond donors (Lipinski definition) is 1. The van der Waals surface area contributed by atoms with Gasteiger partial charge >= 0.3 is 0 Å². The second-order valence-corrected chi connectivity index (χ2v) is 8.67. The van der Waals surface area contributed by atoms with Gasteiger partial charge in [-0.25, -0.2) is 4.98 Å². The SMILES string of the molecule is CCc1oncc1C(=O)NC1CC2(CCN(C(=O)c3cc(Cl)ncc3Cl)CC2)C1. The predicted molar refractivity (Wildman–Crippen MR) is 108 cm³/mol. The molecule has 1 aliphatic carbocycles. The maximum Gasteiger partial charge on any atom is 0.256 e. The zero-order valence-electron chi connectivity index (χ0n) is 16.1. The van der Waals surface area contributed by atoms with E-state index < -0.39 is 0 Å². The molecule has 2 aliphatic rings. The third kappa shape index (κ3) is 3.98. The van der Waals surface area contributed by atoms with Gasteiger partial charge in [0.15, 0.2) is 0 Å². The summed E-state index contributed by atoms with van der Waals surface area (Å²) in [6.45, 7) is 3.26. The Labute approximate surface area is 178 Å². The van der Waals surface area contributed by atoms with Gasteiger partial charge in [0.1, 0.15) is 16.5 Å². The number of aromatic nitrogens is 2. The number of carbonyl (C=O) groups is 2. The quantitative estimate of drug-likeness (QED) is 0.736. The van der Waals surface area contributed by atoms with Crippen LogP contribution in [0.4, 0.5) is 0 Å². The third-order valence-corrected chi connectivity index (χ3v) is 6.58. The number of likely N-dealkylation sites (tertiary alicyclic amines) is 1. The minimum atomic E-state index is -0.125. The molecular weight excluding hydrogens is 415 g/mol. The summed E-state index contributed by atoms with van der Waals surface area (Å²) in [6, 6.07) is 1.67. The first-order valence-corrected chi connectivity index (χ1v) is 10.5. The molecule has 4 rings (SSSR count). The molecule has 29 heavy (non-hydrogen) atoms. The normalized spacial score (nSPS) is 18.5. The van der Waals surface area contributed by atoms with E-state index in [0.717, 1.165) is 25.7 Å². The van der Waals surface area contributed by atoms with Gasteiger partial charge in [0.05, 0.1) is 16.8 Å². The Kier molecular flexibility index (Phi) is 5.53. The summed E-state index contributed by atoms with van der Waals surface area (Å²) in [5.74, 6) is 0.371. The Morgan fingerprint density at radius 1 is 1.24 bits per heavy atom. The summed E-state index contributed by atoms with van der Waals surface area (Å²) in [6.07, 6.45) is 7.19. The van der Waals surface area contributed by atoms with E-state index in [0.29, 0.717) is 41.4 Å². The number of halogens is 2. The molecule has 1 N–H and O–H groups in total. The summed E-state index contributed by atoms with van der Waals surface area (Å²) in [5, 5.41) is 7.36. The topological polar surface area (TPSA) is 88.3 Å². The summed E-state index contributed by atoms with van der Waals surface area (Å²) < 4.78 is 5.09. The molecule has 0 bridgehead atoms. The van der Waals surface area contributed by atoms with Crippen molar-refractivity contribution >= 4 is 35.0 Å². The van der Waals surface area contributed by atoms with E-state index in [1.165, 1.54) is 18.5 Å². The average molecular weight is 437 g/mol. The Bertz CT molecular complexity index is 930. The summed E-state index contributed by atoms with van der Waals surface area (Å²) in [7, 11) is 0. The first-order chi connectivity index (χ1) is 13.9. The van der Waals surface area contributed by atoms with Crippen molar-refractivity contribution in [2.24, 2.45) is 5.41 Å². The van der Waals surface area contributed by atoms with Gasteiger partial charge in [-0.15, -0.1) is 0 Å².